The summed E-state index contributed by atoms with van der Waals surface area (Å²) < 4.78 is 40.1. The van der Waals surface area contributed by atoms with Gasteiger partial charge < -0.3 is 5.32 Å². The normalized spacial score (nSPS) is 11.9. The van der Waals surface area contributed by atoms with Gasteiger partial charge in [0.2, 0.25) is 0 Å². The van der Waals surface area contributed by atoms with E-state index < -0.39 is 11.9 Å². The number of nitrogens with zero attached hydrogens (tertiary/aromatic N) is 5. The molecule has 3 heterocycles. The van der Waals surface area contributed by atoms with E-state index >= 15 is 0 Å². The number of nitrogens with one attached hydrogen (secondary N) is 1. The fraction of sp³-hybridized carbons (Fsp3) is 0.333. The van der Waals surface area contributed by atoms with Crippen LogP contribution in [0.2, 0.25) is 0 Å². The van der Waals surface area contributed by atoms with Crippen molar-refractivity contribution in [3.05, 3.63) is 46.8 Å². The van der Waals surface area contributed by atoms with Crippen LogP contribution in [0.3, 0.4) is 0 Å². The number of aryl methyl sites for hydroxylation is 3. The average molecular weight is 336 g/mol. The SMILES string of the molecule is Cc1cc(C(F)(F)F)nc(CNc2cc(C)nc3cc(C)nn23)n1. The van der Waals surface area contributed by atoms with Crippen LogP contribution in [0.5, 0.6) is 0 Å². The van der Waals surface area contributed by atoms with E-state index in [4.69, 9.17) is 0 Å². The second-order valence-corrected chi connectivity index (χ2v) is 5.50. The zero-order chi connectivity index (χ0) is 17.5. The molecule has 0 aliphatic carbocycles. The summed E-state index contributed by atoms with van der Waals surface area (Å²) >= 11 is 0. The number of anilines is 1. The number of aromatic nitrogens is 5. The minimum atomic E-state index is -4.50. The summed E-state index contributed by atoms with van der Waals surface area (Å²) in [7, 11) is 0. The Morgan fingerprint density at radius 3 is 2.38 bits per heavy atom. The van der Waals surface area contributed by atoms with E-state index in [1.165, 1.54) is 6.92 Å². The predicted molar refractivity (Wildman–Crippen MR) is 81.6 cm³/mol. The van der Waals surface area contributed by atoms with Crippen molar-refractivity contribution in [2.24, 2.45) is 0 Å². The minimum absolute atomic E-state index is 0.0439. The highest BCUT2D eigenvalue weighted by molar-refractivity contribution is 5.50. The zero-order valence-electron chi connectivity index (χ0n) is 13.3. The largest absolute Gasteiger partial charge is 0.433 e. The van der Waals surface area contributed by atoms with Gasteiger partial charge in [-0.25, -0.2) is 15.0 Å². The van der Waals surface area contributed by atoms with E-state index in [1.54, 1.807) is 10.6 Å². The topological polar surface area (TPSA) is 68.0 Å². The summed E-state index contributed by atoms with van der Waals surface area (Å²) in [6.45, 7) is 5.22. The third kappa shape index (κ3) is 3.29. The van der Waals surface area contributed by atoms with Gasteiger partial charge in [-0.1, -0.05) is 0 Å². The summed E-state index contributed by atoms with van der Waals surface area (Å²) in [6.07, 6.45) is -4.50. The lowest BCUT2D eigenvalue weighted by Crippen LogP contribution is -2.14. The molecule has 1 N–H and O–H groups in total. The maximum Gasteiger partial charge on any atom is 0.433 e. The lowest BCUT2D eigenvalue weighted by Gasteiger charge is -2.11. The van der Waals surface area contributed by atoms with E-state index in [9.17, 15) is 13.2 Å². The van der Waals surface area contributed by atoms with Gasteiger partial charge in [-0.05, 0) is 26.8 Å². The first kappa shape index (κ1) is 16.2. The highest BCUT2D eigenvalue weighted by Crippen LogP contribution is 2.27. The van der Waals surface area contributed by atoms with Crippen LogP contribution < -0.4 is 5.32 Å². The molecule has 6 nitrogen and oxygen atoms in total. The Morgan fingerprint density at radius 2 is 1.67 bits per heavy atom. The molecular weight excluding hydrogens is 321 g/mol. The molecule has 0 bridgehead atoms. The van der Waals surface area contributed by atoms with Gasteiger partial charge in [0.15, 0.2) is 5.65 Å². The monoisotopic (exact) mass is 336 g/mol. The van der Waals surface area contributed by atoms with Crippen LogP contribution in [0, 0.1) is 20.8 Å². The van der Waals surface area contributed by atoms with Crippen LogP contribution in [0.25, 0.3) is 5.65 Å². The van der Waals surface area contributed by atoms with Crippen molar-refractivity contribution < 1.29 is 13.2 Å². The minimum Gasteiger partial charge on any atom is -0.363 e. The van der Waals surface area contributed by atoms with Gasteiger partial charge in [0.1, 0.15) is 17.3 Å². The van der Waals surface area contributed by atoms with Crippen molar-refractivity contribution in [1.29, 1.82) is 0 Å². The first-order valence-electron chi connectivity index (χ1n) is 7.22. The van der Waals surface area contributed by atoms with E-state index in [0.29, 0.717) is 11.5 Å². The summed E-state index contributed by atoms with van der Waals surface area (Å²) in [6, 6.07) is 4.51. The quantitative estimate of drug-likeness (QED) is 0.796. The molecule has 0 spiro atoms. The van der Waals surface area contributed by atoms with Crippen LogP contribution in [0.15, 0.2) is 18.2 Å². The van der Waals surface area contributed by atoms with Crippen molar-refractivity contribution in [2.45, 2.75) is 33.5 Å². The highest BCUT2D eigenvalue weighted by Gasteiger charge is 2.33. The van der Waals surface area contributed by atoms with Crippen LogP contribution in [-0.2, 0) is 12.7 Å². The molecule has 0 saturated heterocycles. The molecule has 24 heavy (non-hydrogen) atoms. The predicted octanol–water partition coefficient (Wildman–Crippen LogP) is 3.08. The smallest absolute Gasteiger partial charge is 0.363 e. The first-order valence-corrected chi connectivity index (χ1v) is 7.22. The molecule has 3 aromatic heterocycles. The third-order valence-corrected chi connectivity index (χ3v) is 3.30. The molecule has 0 fully saturated rings. The Kier molecular flexibility index (Phi) is 3.86. The average Bonchev–Trinajstić information content (AvgIpc) is 2.83. The molecule has 0 aliphatic rings. The number of fused-ring (bicyclic) bond motifs is 1. The standard InChI is InChI=1S/C15H15F3N6/c1-8-4-11(15(16,17)18)22-12(20-8)7-19-13-5-9(2)21-14-6-10(3)23-24(13)14/h4-6,19H,7H2,1-3H3. The Balaban J connectivity index is 1.90. The first-order chi connectivity index (χ1) is 11.2. The fourth-order valence-corrected chi connectivity index (χ4v) is 2.36. The maximum absolute atomic E-state index is 12.8. The van der Waals surface area contributed by atoms with Crippen molar-refractivity contribution in [2.75, 3.05) is 5.32 Å². The van der Waals surface area contributed by atoms with E-state index in [0.717, 1.165) is 17.5 Å². The summed E-state index contributed by atoms with van der Waals surface area (Å²) in [4.78, 5) is 12.0. The second-order valence-electron chi connectivity index (χ2n) is 5.50. The molecule has 3 aromatic rings. The van der Waals surface area contributed by atoms with Gasteiger partial charge >= 0.3 is 6.18 Å². The molecule has 0 radical (unpaired) electrons. The summed E-state index contributed by atoms with van der Waals surface area (Å²) in [5.41, 5.74) is 1.54. The number of alkyl halides is 3. The lowest BCUT2D eigenvalue weighted by molar-refractivity contribution is -0.141. The van der Waals surface area contributed by atoms with Gasteiger partial charge in [0.05, 0.1) is 12.2 Å². The van der Waals surface area contributed by atoms with Gasteiger partial charge in [0, 0.05) is 23.5 Å². The highest BCUT2D eigenvalue weighted by atomic mass is 19.4. The van der Waals surface area contributed by atoms with Gasteiger partial charge in [-0.2, -0.15) is 22.8 Å². The molecule has 0 atom stereocenters. The molecule has 3 rings (SSSR count). The molecule has 0 aromatic carbocycles. The second kappa shape index (κ2) is 5.73. The van der Waals surface area contributed by atoms with E-state index in [2.05, 4.69) is 25.4 Å². The summed E-state index contributed by atoms with van der Waals surface area (Å²) in [5.74, 6) is 0.679. The van der Waals surface area contributed by atoms with Crippen molar-refractivity contribution >= 4 is 11.5 Å². The Bertz CT molecular complexity index is 900. The van der Waals surface area contributed by atoms with Crippen LogP contribution in [-0.4, -0.2) is 24.6 Å². The molecular formula is C15H15F3N6. The fourth-order valence-electron chi connectivity index (χ4n) is 2.36. The number of hydrogen-bond acceptors (Lipinski definition) is 5. The van der Waals surface area contributed by atoms with E-state index in [-0.39, 0.29) is 18.1 Å². The van der Waals surface area contributed by atoms with Crippen molar-refractivity contribution in [3.8, 4) is 0 Å². The van der Waals surface area contributed by atoms with Crippen LogP contribution in [0.4, 0.5) is 19.0 Å². The molecule has 0 unspecified atom stereocenters. The molecule has 126 valence electrons. The Morgan fingerprint density at radius 1 is 0.958 bits per heavy atom. The van der Waals surface area contributed by atoms with Crippen LogP contribution in [0.1, 0.15) is 28.6 Å². The number of halogens is 3. The number of hydrogen-bond donors (Lipinski definition) is 1. The van der Waals surface area contributed by atoms with Crippen molar-refractivity contribution in [3.63, 3.8) is 0 Å². The van der Waals surface area contributed by atoms with Crippen LogP contribution >= 0.6 is 0 Å². The van der Waals surface area contributed by atoms with Crippen molar-refractivity contribution in [1.82, 2.24) is 24.6 Å². The van der Waals surface area contributed by atoms with E-state index in [1.807, 2.05) is 19.9 Å². The maximum atomic E-state index is 12.8. The molecule has 9 heteroatoms. The van der Waals surface area contributed by atoms with Gasteiger partial charge in [0.25, 0.3) is 0 Å². The Hall–Kier alpha value is -2.71. The third-order valence-electron chi connectivity index (χ3n) is 3.30. The van der Waals surface area contributed by atoms with Gasteiger partial charge in [-0.15, -0.1) is 0 Å². The zero-order valence-corrected chi connectivity index (χ0v) is 13.3. The summed E-state index contributed by atoms with van der Waals surface area (Å²) in [5, 5.41) is 7.34. The number of rotatable bonds is 3. The lowest BCUT2D eigenvalue weighted by atomic mass is 10.3. The molecule has 0 aliphatic heterocycles. The molecule has 0 saturated carbocycles. The van der Waals surface area contributed by atoms with Gasteiger partial charge in [-0.3, -0.25) is 0 Å². The Labute approximate surface area is 135 Å². The molecule has 0 amide bonds.